The van der Waals surface area contributed by atoms with Crippen LogP contribution in [0, 0.1) is 6.92 Å². The fourth-order valence-electron chi connectivity index (χ4n) is 2.72. The number of aromatic nitrogens is 1. The van der Waals surface area contributed by atoms with Crippen LogP contribution in [0.15, 0.2) is 22.6 Å². The highest BCUT2D eigenvalue weighted by atomic mass is 16.3. The Kier molecular flexibility index (Phi) is 3.58. The number of amides is 2. The summed E-state index contributed by atoms with van der Waals surface area (Å²) in [7, 11) is 0. The second-order valence-electron chi connectivity index (χ2n) is 5.35. The van der Waals surface area contributed by atoms with E-state index in [1.54, 1.807) is 6.07 Å². The van der Waals surface area contributed by atoms with Crippen LogP contribution in [0.25, 0.3) is 11.1 Å². The molecule has 1 heterocycles. The van der Waals surface area contributed by atoms with E-state index in [0.29, 0.717) is 17.5 Å². The summed E-state index contributed by atoms with van der Waals surface area (Å²) in [5.41, 5.74) is 2.22. The number of anilines is 1. The number of oxazole rings is 1. The van der Waals surface area contributed by atoms with Crippen molar-refractivity contribution in [2.24, 2.45) is 0 Å². The minimum Gasteiger partial charge on any atom is -0.441 e. The molecule has 0 atom stereocenters. The Morgan fingerprint density at radius 1 is 1.30 bits per heavy atom. The Morgan fingerprint density at radius 2 is 2.10 bits per heavy atom. The third-order valence-corrected chi connectivity index (χ3v) is 3.69. The average Bonchev–Trinajstić information content (AvgIpc) is 2.79. The highest BCUT2D eigenvalue weighted by Gasteiger charge is 2.15. The van der Waals surface area contributed by atoms with E-state index in [1.807, 2.05) is 19.1 Å². The molecule has 0 radical (unpaired) electrons. The van der Waals surface area contributed by atoms with Crippen LogP contribution in [0.4, 0.5) is 10.5 Å². The molecule has 1 aromatic carbocycles. The number of nitrogens with one attached hydrogen (secondary N) is 2. The van der Waals surface area contributed by atoms with Gasteiger partial charge in [0.25, 0.3) is 0 Å². The van der Waals surface area contributed by atoms with Crippen LogP contribution >= 0.6 is 0 Å². The number of aryl methyl sites for hydroxylation is 1. The van der Waals surface area contributed by atoms with Crippen molar-refractivity contribution >= 4 is 22.8 Å². The molecule has 1 fully saturated rings. The van der Waals surface area contributed by atoms with Gasteiger partial charge < -0.3 is 15.1 Å². The summed E-state index contributed by atoms with van der Waals surface area (Å²) < 4.78 is 5.46. The van der Waals surface area contributed by atoms with Crippen molar-refractivity contribution in [3.05, 3.63) is 24.1 Å². The number of fused-ring (bicyclic) bond motifs is 1. The van der Waals surface area contributed by atoms with Crippen LogP contribution < -0.4 is 10.6 Å². The molecule has 0 saturated heterocycles. The Hall–Kier alpha value is -2.04. The first-order chi connectivity index (χ1) is 9.70. The third-order valence-electron chi connectivity index (χ3n) is 3.69. The largest absolute Gasteiger partial charge is 0.441 e. The number of urea groups is 1. The monoisotopic (exact) mass is 273 g/mol. The molecule has 2 N–H and O–H groups in total. The summed E-state index contributed by atoms with van der Waals surface area (Å²) in [6.45, 7) is 1.81. The predicted octanol–water partition coefficient (Wildman–Crippen LogP) is 3.59. The van der Waals surface area contributed by atoms with E-state index in [4.69, 9.17) is 4.42 Å². The first kappa shape index (κ1) is 13.0. The molecule has 0 bridgehead atoms. The van der Waals surface area contributed by atoms with Crippen LogP contribution in [-0.2, 0) is 0 Å². The fraction of sp³-hybridized carbons (Fsp3) is 0.467. The summed E-state index contributed by atoms with van der Waals surface area (Å²) in [5.74, 6) is 0.629. The maximum atomic E-state index is 12.0. The summed E-state index contributed by atoms with van der Waals surface area (Å²) >= 11 is 0. The first-order valence-electron chi connectivity index (χ1n) is 7.15. The maximum absolute atomic E-state index is 12.0. The van der Waals surface area contributed by atoms with Crippen molar-refractivity contribution in [3.8, 4) is 0 Å². The number of hydrogen-bond donors (Lipinski definition) is 2. The molecule has 2 aromatic rings. The Morgan fingerprint density at radius 3 is 2.90 bits per heavy atom. The normalized spacial score (nSPS) is 16.2. The molecule has 0 aliphatic heterocycles. The second-order valence-corrected chi connectivity index (χ2v) is 5.35. The molecule has 1 saturated carbocycles. The second kappa shape index (κ2) is 5.53. The Balaban J connectivity index is 1.64. The van der Waals surface area contributed by atoms with E-state index < -0.39 is 0 Å². The van der Waals surface area contributed by atoms with Gasteiger partial charge in [-0.25, -0.2) is 9.78 Å². The summed E-state index contributed by atoms with van der Waals surface area (Å²) in [6.07, 6.45) is 5.84. The summed E-state index contributed by atoms with van der Waals surface area (Å²) in [5, 5.41) is 5.88. The van der Waals surface area contributed by atoms with Gasteiger partial charge in [-0.2, -0.15) is 0 Å². The number of carbonyl (C=O) groups is 1. The molecule has 20 heavy (non-hydrogen) atoms. The van der Waals surface area contributed by atoms with Crippen LogP contribution in [-0.4, -0.2) is 17.1 Å². The molecule has 5 heteroatoms. The number of carbonyl (C=O) groups excluding carboxylic acids is 1. The zero-order chi connectivity index (χ0) is 13.9. The van der Waals surface area contributed by atoms with Gasteiger partial charge in [0.2, 0.25) is 0 Å². The van der Waals surface area contributed by atoms with E-state index in [9.17, 15) is 4.79 Å². The molecule has 1 aliphatic carbocycles. The van der Waals surface area contributed by atoms with Gasteiger partial charge in [-0.1, -0.05) is 19.3 Å². The van der Waals surface area contributed by atoms with Crippen LogP contribution in [0.3, 0.4) is 0 Å². The van der Waals surface area contributed by atoms with Crippen LogP contribution in [0.1, 0.15) is 38.0 Å². The smallest absolute Gasteiger partial charge is 0.319 e. The van der Waals surface area contributed by atoms with Crippen molar-refractivity contribution in [3.63, 3.8) is 0 Å². The molecular weight excluding hydrogens is 254 g/mol. The minimum atomic E-state index is -0.146. The quantitative estimate of drug-likeness (QED) is 0.878. The van der Waals surface area contributed by atoms with Gasteiger partial charge in [0, 0.05) is 24.7 Å². The number of nitrogens with zero attached hydrogens (tertiary/aromatic N) is 1. The van der Waals surface area contributed by atoms with E-state index in [1.165, 1.54) is 19.3 Å². The maximum Gasteiger partial charge on any atom is 0.319 e. The Bertz CT molecular complexity index is 615. The van der Waals surface area contributed by atoms with Crippen molar-refractivity contribution in [2.45, 2.75) is 45.1 Å². The van der Waals surface area contributed by atoms with Crippen LogP contribution in [0.5, 0.6) is 0 Å². The molecule has 0 unspecified atom stereocenters. The summed E-state index contributed by atoms with van der Waals surface area (Å²) in [4.78, 5) is 16.2. The SMILES string of the molecule is Cc1nc2ccc(NC(=O)NC3CCCCC3)cc2o1. The highest BCUT2D eigenvalue weighted by molar-refractivity contribution is 5.91. The molecule has 3 rings (SSSR count). The van der Waals surface area contributed by atoms with E-state index >= 15 is 0 Å². The fourth-order valence-corrected chi connectivity index (χ4v) is 2.72. The van der Waals surface area contributed by atoms with E-state index in [0.717, 1.165) is 24.0 Å². The number of rotatable bonds is 2. The zero-order valence-corrected chi connectivity index (χ0v) is 11.6. The van der Waals surface area contributed by atoms with Gasteiger partial charge >= 0.3 is 6.03 Å². The lowest BCUT2D eigenvalue weighted by Crippen LogP contribution is -2.38. The zero-order valence-electron chi connectivity index (χ0n) is 11.6. The minimum absolute atomic E-state index is 0.146. The molecule has 0 spiro atoms. The van der Waals surface area contributed by atoms with Gasteiger partial charge in [-0.3, -0.25) is 0 Å². The van der Waals surface area contributed by atoms with E-state index in [2.05, 4.69) is 15.6 Å². The molecule has 1 aliphatic rings. The van der Waals surface area contributed by atoms with Crippen molar-refractivity contribution in [1.29, 1.82) is 0 Å². The predicted molar refractivity (Wildman–Crippen MR) is 77.8 cm³/mol. The van der Waals surface area contributed by atoms with Gasteiger partial charge in [0.1, 0.15) is 5.52 Å². The Labute approximate surface area is 117 Å². The van der Waals surface area contributed by atoms with Gasteiger partial charge in [-0.05, 0) is 25.0 Å². The first-order valence-corrected chi connectivity index (χ1v) is 7.15. The molecular formula is C15H19N3O2. The number of hydrogen-bond acceptors (Lipinski definition) is 3. The molecule has 5 nitrogen and oxygen atoms in total. The van der Waals surface area contributed by atoms with Crippen molar-refractivity contribution in [1.82, 2.24) is 10.3 Å². The standard InChI is InChI=1S/C15H19N3O2/c1-10-16-13-8-7-12(9-14(13)20-10)18-15(19)17-11-5-3-2-4-6-11/h7-9,11H,2-6H2,1H3,(H2,17,18,19). The highest BCUT2D eigenvalue weighted by Crippen LogP contribution is 2.20. The van der Waals surface area contributed by atoms with E-state index in [-0.39, 0.29) is 6.03 Å². The van der Waals surface area contributed by atoms with Crippen molar-refractivity contribution < 1.29 is 9.21 Å². The third kappa shape index (κ3) is 2.92. The average molecular weight is 273 g/mol. The lowest BCUT2D eigenvalue weighted by Gasteiger charge is -2.22. The molecule has 1 aromatic heterocycles. The van der Waals surface area contributed by atoms with Gasteiger partial charge in [0.05, 0.1) is 0 Å². The topological polar surface area (TPSA) is 67.2 Å². The van der Waals surface area contributed by atoms with Crippen LogP contribution in [0.2, 0.25) is 0 Å². The van der Waals surface area contributed by atoms with Gasteiger partial charge in [-0.15, -0.1) is 0 Å². The van der Waals surface area contributed by atoms with Gasteiger partial charge in [0.15, 0.2) is 11.5 Å². The lowest BCUT2D eigenvalue weighted by atomic mass is 9.96. The lowest BCUT2D eigenvalue weighted by molar-refractivity contribution is 0.244. The molecule has 106 valence electrons. The summed E-state index contributed by atoms with van der Waals surface area (Å²) in [6, 6.07) is 5.65. The molecule has 2 amide bonds. The number of benzene rings is 1. The van der Waals surface area contributed by atoms with Crippen molar-refractivity contribution in [2.75, 3.05) is 5.32 Å².